The minimum atomic E-state index is -0.693. The molecule has 0 bridgehead atoms. The summed E-state index contributed by atoms with van der Waals surface area (Å²) in [4.78, 5) is 11.2. The van der Waals surface area contributed by atoms with E-state index in [2.05, 4.69) is 21.0 Å². The molecule has 0 spiro atoms. The van der Waals surface area contributed by atoms with Gasteiger partial charge in [-0.25, -0.2) is 0 Å². The van der Waals surface area contributed by atoms with Crippen LogP contribution in [0.5, 0.6) is 0 Å². The van der Waals surface area contributed by atoms with E-state index in [1.165, 1.54) is 64.2 Å². The molecule has 0 aromatic heterocycles. The number of carboxylic acids is 1. The van der Waals surface area contributed by atoms with Crippen molar-refractivity contribution in [3.63, 3.8) is 0 Å². The molecule has 0 fully saturated rings. The Kier molecular flexibility index (Phi) is 10.8. The number of carboxylic acid groups (broad SMARTS) is 1. The van der Waals surface area contributed by atoms with E-state index in [1.54, 1.807) is 0 Å². The average molecular weight is 315 g/mol. The van der Waals surface area contributed by atoms with Crippen LogP contribution in [0.3, 0.4) is 0 Å². The summed E-state index contributed by atoms with van der Waals surface area (Å²) in [6.07, 6.45) is 13.5. The van der Waals surface area contributed by atoms with Crippen LogP contribution in [-0.4, -0.2) is 42.7 Å². The van der Waals surface area contributed by atoms with Crippen molar-refractivity contribution < 1.29 is 14.4 Å². The molecule has 0 saturated carbocycles. The number of carbonyl (C=O) groups is 1. The molecule has 0 aromatic carbocycles. The van der Waals surface area contributed by atoms with Gasteiger partial charge in [0.05, 0.1) is 27.2 Å². The first-order chi connectivity index (χ1) is 10.2. The second-order valence-corrected chi connectivity index (χ2v) is 8.19. The molecular formula is C19H40NO2+. The van der Waals surface area contributed by atoms with E-state index in [0.717, 1.165) is 11.0 Å². The summed E-state index contributed by atoms with van der Waals surface area (Å²) in [5, 5.41) is 9.24. The summed E-state index contributed by atoms with van der Waals surface area (Å²) >= 11 is 0. The van der Waals surface area contributed by atoms with Crippen LogP contribution in [0.2, 0.25) is 0 Å². The summed E-state index contributed by atoms with van der Waals surface area (Å²) in [5.41, 5.74) is -0.637. The van der Waals surface area contributed by atoms with Crippen molar-refractivity contribution in [2.75, 3.05) is 27.2 Å². The van der Waals surface area contributed by atoms with Gasteiger partial charge >= 0.3 is 5.97 Å². The van der Waals surface area contributed by atoms with Gasteiger partial charge in [0.2, 0.25) is 0 Å². The first-order valence-electron chi connectivity index (χ1n) is 9.27. The van der Waals surface area contributed by atoms with Crippen molar-refractivity contribution in [1.29, 1.82) is 0 Å². The average Bonchev–Trinajstić information content (AvgIpc) is 2.39. The van der Waals surface area contributed by atoms with E-state index >= 15 is 0 Å². The molecule has 0 radical (unpaired) electrons. The van der Waals surface area contributed by atoms with Crippen molar-refractivity contribution in [3.05, 3.63) is 0 Å². The third-order valence-electron chi connectivity index (χ3n) is 4.52. The maximum absolute atomic E-state index is 11.2. The Morgan fingerprint density at radius 3 is 1.68 bits per heavy atom. The molecule has 0 atom stereocenters. The fourth-order valence-electron chi connectivity index (χ4n) is 3.24. The van der Waals surface area contributed by atoms with Crippen LogP contribution in [0.15, 0.2) is 0 Å². The van der Waals surface area contributed by atoms with E-state index in [-0.39, 0.29) is 0 Å². The van der Waals surface area contributed by atoms with Crippen LogP contribution in [-0.2, 0) is 4.79 Å². The van der Waals surface area contributed by atoms with E-state index in [9.17, 15) is 9.90 Å². The van der Waals surface area contributed by atoms with E-state index in [4.69, 9.17) is 0 Å². The van der Waals surface area contributed by atoms with Crippen LogP contribution in [0.1, 0.15) is 85.0 Å². The molecule has 1 N–H and O–H groups in total. The quantitative estimate of drug-likeness (QED) is 0.358. The highest BCUT2D eigenvalue weighted by molar-refractivity contribution is 5.73. The molecule has 22 heavy (non-hydrogen) atoms. The fourth-order valence-corrected chi connectivity index (χ4v) is 3.24. The highest BCUT2D eigenvalue weighted by atomic mass is 16.4. The zero-order valence-corrected chi connectivity index (χ0v) is 15.8. The monoisotopic (exact) mass is 314 g/mol. The second kappa shape index (κ2) is 11.0. The van der Waals surface area contributed by atoms with Gasteiger partial charge in [0.1, 0.15) is 5.41 Å². The normalized spacial score (nSPS) is 12.6. The molecular weight excluding hydrogens is 274 g/mol. The van der Waals surface area contributed by atoms with Crippen molar-refractivity contribution in [2.24, 2.45) is 5.41 Å². The fraction of sp³-hybridized carbons (Fsp3) is 0.947. The molecule has 0 aliphatic carbocycles. The Balaban J connectivity index is 3.63. The lowest BCUT2D eigenvalue weighted by Crippen LogP contribution is -2.49. The maximum atomic E-state index is 11.2. The highest BCUT2D eigenvalue weighted by Crippen LogP contribution is 2.20. The Hall–Kier alpha value is -0.570. The predicted octanol–water partition coefficient (Wildman–Crippen LogP) is 5.09. The van der Waals surface area contributed by atoms with Crippen molar-refractivity contribution in [1.82, 2.24) is 0 Å². The largest absolute Gasteiger partial charge is 0.481 e. The molecule has 0 aliphatic rings. The van der Waals surface area contributed by atoms with Crippen molar-refractivity contribution in [3.8, 4) is 0 Å². The van der Waals surface area contributed by atoms with Gasteiger partial charge in [0, 0.05) is 0 Å². The van der Waals surface area contributed by atoms with E-state index in [1.807, 2.05) is 13.8 Å². The summed E-state index contributed by atoms with van der Waals surface area (Å²) in [6.45, 7) is 7.69. The van der Waals surface area contributed by atoms with Gasteiger partial charge in [0.25, 0.3) is 0 Å². The first-order valence-corrected chi connectivity index (χ1v) is 9.27. The van der Waals surface area contributed by atoms with E-state index < -0.39 is 11.4 Å². The molecule has 0 heterocycles. The molecule has 0 amide bonds. The van der Waals surface area contributed by atoms with Gasteiger partial charge in [-0.05, 0) is 26.7 Å². The van der Waals surface area contributed by atoms with Gasteiger partial charge in [0.15, 0.2) is 0 Å². The van der Waals surface area contributed by atoms with Crippen LogP contribution < -0.4 is 0 Å². The molecule has 3 heteroatoms. The smallest absolute Gasteiger partial charge is 0.314 e. The number of aliphatic carboxylic acids is 1. The summed E-state index contributed by atoms with van der Waals surface area (Å²) in [7, 11) is 4.30. The van der Waals surface area contributed by atoms with Crippen LogP contribution >= 0.6 is 0 Å². The molecule has 0 aliphatic heterocycles. The zero-order chi connectivity index (χ0) is 17.1. The van der Waals surface area contributed by atoms with Gasteiger partial charge < -0.3 is 9.59 Å². The Morgan fingerprint density at radius 2 is 1.27 bits per heavy atom. The predicted molar refractivity (Wildman–Crippen MR) is 95.1 cm³/mol. The molecule has 0 aromatic rings. The van der Waals surface area contributed by atoms with Crippen LogP contribution in [0, 0.1) is 5.41 Å². The number of rotatable bonds is 14. The summed E-state index contributed by atoms with van der Waals surface area (Å²) in [5.74, 6) is -0.693. The van der Waals surface area contributed by atoms with Gasteiger partial charge in [-0.2, -0.15) is 0 Å². The zero-order valence-electron chi connectivity index (χ0n) is 15.8. The van der Waals surface area contributed by atoms with Gasteiger partial charge in [-0.3, -0.25) is 4.79 Å². The minimum absolute atomic E-state index is 0.637. The van der Waals surface area contributed by atoms with Crippen LogP contribution in [0.4, 0.5) is 0 Å². The van der Waals surface area contributed by atoms with Gasteiger partial charge in [-0.15, -0.1) is 0 Å². The Morgan fingerprint density at radius 1 is 0.864 bits per heavy atom. The number of hydrogen-bond donors (Lipinski definition) is 1. The first kappa shape index (κ1) is 21.4. The summed E-state index contributed by atoms with van der Waals surface area (Å²) < 4.78 is 0.802. The van der Waals surface area contributed by atoms with Crippen molar-refractivity contribution in [2.45, 2.75) is 85.0 Å². The summed E-state index contributed by atoms with van der Waals surface area (Å²) in [6, 6.07) is 0. The highest BCUT2D eigenvalue weighted by Gasteiger charge is 2.34. The van der Waals surface area contributed by atoms with E-state index in [0.29, 0.717) is 6.54 Å². The number of hydrogen-bond acceptors (Lipinski definition) is 1. The third-order valence-corrected chi connectivity index (χ3v) is 4.52. The molecule has 3 nitrogen and oxygen atoms in total. The molecule has 0 saturated heterocycles. The maximum Gasteiger partial charge on any atom is 0.314 e. The third kappa shape index (κ3) is 11.1. The standard InChI is InChI=1S/C19H39NO2/c1-6-7-8-9-10-11-12-13-14-15-16-20(4,5)17-19(2,3)18(21)22/h6-17H2,1-5H3/p+1. The molecule has 132 valence electrons. The lowest BCUT2D eigenvalue weighted by Gasteiger charge is -2.35. The lowest BCUT2D eigenvalue weighted by molar-refractivity contribution is -0.895. The van der Waals surface area contributed by atoms with Crippen LogP contribution in [0.25, 0.3) is 0 Å². The topological polar surface area (TPSA) is 37.3 Å². The van der Waals surface area contributed by atoms with Gasteiger partial charge in [-0.1, -0.05) is 58.3 Å². The Bertz CT molecular complexity index is 298. The minimum Gasteiger partial charge on any atom is -0.481 e. The number of nitrogens with zero attached hydrogens (tertiary/aromatic N) is 1. The second-order valence-electron chi connectivity index (χ2n) is 8.19. The SMILES string of the molecule is CCCCCCCCCCCC[N+](C)(C)CC(C)(C)C(=O)O. The lowest BCUT2D eigenvalue weighted by atomic mass is 9.92. The number of unbranched alkanes of at least 4 members (excludes halogenated alkanes) is 9. The molecule has 0 unspecified atom stereocenters. The Labute approximate surface area is 138 Å². The van der Waals surface area contributed by atoms with Crippen molar-refractivity contribution >= 4 is 5.97 Å². The number of quaternary nitrogens is 1. The molecule has 0 rings (SSSR count).